The van der Waals surface area contributed by atoms with Crippen LogP contribution in [-0.2, 0) is 0 Å². The zero-order valence-electron chi connectivity index (χ0n) is 28.1. The Morgan fingerprint density at radius 3 is 1.63 bits per heavy atom. The number of nitrogens with zero attached hydrogens (tertiary/aromatic N) is 2. The van der Waals surface area contributed by atoms with E-state index in [1.165, 1.54) is 33.9 Å². The van der Waals surface area contributed by atoms with E-state index in [1.54, 1.807) is 0 Å². The van der Waals surface area contributed by atoms with Crippen molar-refractivity contribution in [1.29, 1.82) is 0 Å². The number of hydrogen-bond donors (Lipinski definition) is 0. The first-order chi connectivity index (χ1) is 25.7. The predicted octanol–water partition coefficient (Wildman–Crippen LogP) is 13.6. The summed E-state index contributed by atoms with van der Waals surface area (Å²) in [5.74, 6) is -0.241. The standard InChI is InChI=1S/C48H31FN2O/c49-36-21-14-32(15-22-36)33-16-23-38(24-17-33)50(40-27-29-44-43-11-5-7-13-47(43)52-48(44)31-40)39-25-18-34(19-26-39)35-20-28-42-41-10-4-6-12-45(41)51(46(42)30-35)37-8-2-1-3-9-37/h1-31H. The molecule has 3 nitrogen and oxygen atoms in total. The maximum Gasteiger partial charge on any atom is 0.137 e. The molecule has 0 saturated carbocycles. The Morgan fingerprint density at radius 2 is 0.904 bits per heavy atom. The quantitative estimate of drug-likeness (QED) is 0.176. The van der Waals surface area contributed by atoms with Gasteiger partial charge in [-0.1, -0.05) is 103 Å². The van der Waals surface area contributed by atoms with Gasteiger partial charge >= 0.3 is 0 Å². The van der Waals surface area contributed by atoms with Gasteiger partial charge in [0, 0.05) is 50.4 Å². The summed E-state index contributed by atoms with van der Waals surface area (Å²) in [6, 6.07) is 64.3. The lowest BCUT2D eigenvalue weighted by Crippen LogP contribution is -2.09. The van der Waals surface area contributed by atoms with Crippen molar-refractivity contribution in [2.45, 2.75) is 0 Å². The molecule has 0 fully saturated rings. The van der Waals surface area contributed by atoms with Gasteiger partial charge in [0.2, 0.25) is 0 Å². The van der Waals surface area contributed by atoms with Gasteiger partial charge in [0.05, 0.1) is 11.0 Å². The summed E-state index contributed by atoms with van der Waals surface area (Å²) in [5.41, 5.74) is 12.5. The van der Waals surface area contributed by atoms with Crippen LogP contribution in [0.1, 0.15) is 0 Å². The van der Waals surface area contributed by atoms with Crippen LogP contribution in [0.25, 0.3) is 71.7 Å². The fraction of sp³-hybridized carbons (Fsp3) is 0. The number of aromatic nitrogens is 1. The smallest absolute Gasteiger partial charge is 0.137 e. The molecule has 8 aromatic carbocycles. The van der Waals surface area contributed by atoms with Gasteiger partial charge in [0.25, 0.3) is 0 Å². The van der Waals surface area contributed by atoms with Gasteiger partial charge in [0.1, 0.15) is 17.0 Å². The highest BCUT2D eigenvalue weighted by atomic mass is 19.1. The molecule has 52 heavy (non-hydrogen) atoms. The van der Waals surface area contributed by atoms with Crippen LogP contribution < -0.4 is 4.90 Å². The number of para-hydroxylation sites is 3. The van der Waals surface area contributed by atoms with E-state index in [2.05, 4.69) is 155 Å². The summed E-state index contributed by atoms with van der Waals surface area (Å²) in [6.07, 6.45) is 0. The van der Waals surface area contributed by atoms with E-state index in [4.69, 9.17) is 4.42 Å². The molecule has 4 heteroatoms. The Balaban J connectivity index is 1.07. The van der Waals surface area contributed by atoms with Gasteiger partial charge in [0.15, 0.2) is 0 Å². The molecule has 0 unspecified atom stereocenters. The lowest BCUT2D eigenvalue weighted by atomic mass is 10.0. The molecular weight excluding hydrogens is 640 g/mol. The third kappa shape index (κ3) is 5.04. The Bertz CT molecular complexity index is 2890. The molecule has 0 amide bonds. The van der Waals surface area contributed by atoms with Crippen molar-refractivity contribution in [1.82, 2.24) is 4.57 Å². The normalized spacial score (nSPS) is 11.6. The highest BCUT2D eigenvalue weighted by molar-refractivity contribution is 6.10. The number of rotatable bonds is 6. The lowest BCUT2D eigenvalue weighted by molar-refractivity contribution is 0.628. The van der Waals surface area contributed by atoms with Crippen LogP contribution in [0.5, 0.6) is 0 Å². The van der Waals surface area contributed by atoms with Crippen molar-refractivity contribution in [2.75, 3.05) is 4.90 Å². The average Bonchev–Trinajstić information content (AvgIpc) is 3.74. The van der Waals surface area contributed by atoms with Crippen LogP contribution >= 0.6 is 0 Å². The number of halogens is 1. The van der Waals surface area contributed by atoms with Gasteiger partial charge in [-0.3, -0.25) is 0 Å². The number of anilines is 3. The van der Waals surface area contributed by atoms with Crippen LogP contribution in [0.2, 0.25) is 0 Å². The zero-order chi connectivity index (χ0) is 34.6. The minimum atomic E-state index is -0.241. The summed E-state index contributed by atoms with van der Waals surface area (Å²) in [7, 11) is 0. The molecule has 2 heterocycles. The molecule has 0 radical (unpaired) electrons. The summed E-state index contributed by atoms with van der Waals surface area (Å²) in [5, 5.41) is 4.67. The van der Waals surface area contributed by atoms with E-state index in [0.29, 0.717) is 0 Å². The van der Waals surface area contributed by atoms with Gasteiger partial charge < -0.3 is 13.9 Å². The fourth-order valence-electron chi connectivity index (χ4n) is 7.55. The second kappa shape index (κ2) is 12.1. The first kappa shape index (κ1) is 30.0. The first-order valence-electron chi connectivity index (χ1n) is 17.4. The molecule has 0 aliphatic carbocycles. The number of hydrogen-bond acceptors (Lipinski definition) is 2. The predicted molar refractivity (Wildman–Crippen MR) is 214 cm³/mol. The average molecular weight is 671 g/mol. The molecule has 10 rings (SSSR count). The summed E-state index contributed by atoms with van der Waals surface area (Å²) < 4.78 is 22.3. The van der Waals surface area contributed by atoms with Gasteiger partial charge in [-0.15, -0.1) is 0 Å². The van der Waals surface area contributed by atoms with Crippen LogP contribution in [-0.4, -0.2) is 4.57 Å². The van der Waals surface area contributed by atoms with Crippen LogP contribution in [0.15, 0.2) is 192 Å². The zero-order valence-corrected chi connectivity index (χ0v) is 28.1. The van der Waals surface area contributed by atoms with Crippen LogP contribution in [0, 0.1) is 5.82 Å². The Morgan fingerprint density at radius 1 is 0.385 bits per heavy atom. The molecule has 2 aromatic heterocycles. The van der Waals surface area contributed by atoms with Crippen molar-refractivity contribution in [2.24, 2.45) is 0 Å². The summed E-state index contributed by atoms with van der Waals surface area (Å²) in [6.45, 7) is 0. The third-order valence-corrected chi connectivity index (χ3v) is 10.1. The van der Waals surface area contributed by atoms with Crippen molar-refractivity contribution >= 4 is 60.8 Å². The van der Waals surface area contributed by atoms with Crippen molar-refractivity contribution in [3.05, 3.63) is 194 Å². The van der Waals surface area contributed by atoms with Gasteiger partial charge in [-0.05, 0) is 101 Å². The van der Waals surface area contributed by atoms with Crippen LogP contribution in [0.3, 0.4) is 0 Å². The SMILES string of the molecule is Fc1ccc(-c2ccc(N(c3ccc(-c4ccc5c6ccccc6n(-c6ccccc6)c5c4)cc3)c3ccc4c(c3)oc3ccccc34)cc2)cc1. The van der Waals surface area contributed by atoms with E-state index >= 15 is 0 Å². The van der Waals surface area contributed by atoms with Crippen LogP contribution in [0.4, 0.5) is 21.5 Å². The molecule has 246 valence electrons. The number of furan rings is 1. The van der Waals surface area contributed by atoms with E-state index < -0.39 is 0 Å². The fourth-order valence-corrected chi connectivity index (χ4v) is 7.55. The molecule has 0 N–H and O–H groups in total. The third-order valence-electron chi connectivity index (χ3n) is 10.1. The molecular formula is C48H31FN2O. The maximum absolute atomic E-state index is 13.6. The topological polar surface area (TPSA) is 21.3 Å². The Kier molecular flexibility index (Phi) is 7.00. The minimum absolute atomic E-state index is 0.241. The van der Waals surface area contributed by atoms with Gasteiger partial charge in [-0.25, -0.2) is 4.39 Å². The van der Waals surface area contributed by atoms with E-state index in [-0.39, 0.29) is 5.82 Å². The Hall–Kier alpha value is -6.91. The van der Waals surface area contributed by atoms with E-state index in [0.717, 1.165) is 66.9 Å². The second-order valence-corrected chi connectivity index (χ2v) is 13.1. The Labute approximate surface area is 300 Å². The lowest BCUT2D eigenvalue weighted by Gasteiger charge is -2.26. The molecule has 0 spiro atoms. The van der Waals surface area contributed by atoms with Gasteiger partial charge in [-0.2, -0.15) is 0 Å². The molecule has 0 aliphatic rings. The number of benzene rings is 8. The molecule has 0 aliphatic heterocycles. The van der Waals surface area contributed by atoms with E-state index in [1.807, 2.05) is 30.3 Å². The van der Waals surface area contributed by atoms with Crippen molar-refractivity contribution < 1.29 is 8.81 Å². The minimum Gasteiger partial charge on any atom is -0.456 e. The monoisotopic (exact) mass is 670 g/mol. The summed E-state index contributed by atoms with van der Waals surface area (Å²) >= 11 is 0. The molecule has 0 atom stereocenters. The number of fused-ring (bicyclic) bond motifs is 6. The summed E-state index contributed by atoms with van der Waals surface area (Å²) in [4.78, 5) is 2.25. The largest absolute Gasteiger partial charge is 0.456 e. The maximum atomic E-state index is 13.6. The second-order valence-electron chi connectivity index (χ2n) is 13.1. The molecule has 10 aromatic rings. The van der Waals surface area contributed by atoms with Crippen molar-refractivity contribution in [3.63, 3.8) is 0 Å². The molecule has 0 saturated heterocycles. The van der Waals surface area contributed by atoms with E-state index in [9.17, 15) is 4.39 Å². The molecule has 0 bridgehead atoms. The van der Waals surface area contributed by atoms with Crippen molar-refractivity contribution in [3.8, 4) is 27.9 Å². The highest BCUT2D eigenvalue weighted by Gasteiger charge is 2.17. The first-order valence-corrected chi connectivity index (χ1v) is 17.4. The highest BCUT2D eigenvalue weighted by Crippen LogP contribution is 2.40.